The topological polar surface area (TPSA) is 0 Å². The Labute approximate surface area is 198 Å². The van der Waals surface area contributed by atoms with Crippen molar-refractivity contribution >= 4 is 23.5 Å². The number of alkyl halides is 12. The lowest BCUT2D eigenvalue weighted by Gasteiger charge is -2.40. The van der Waals surface area contributed by atoms with Crippen molar-refractivity contribution in [3.05, 3.63) is 59.7 Å². The van der Waals surface area contributed by atoms with E-state index in [1.807, 2.05) is 0 Å². The van der Waals surface area contributed by atoms with Crippen molar-refractivity contribution in [2.75, 3.05) is 0 Å². The fraction of sp³-hybridized carbons (Fsp3) is 0.333. The first-order valence-electron chi connectivity index (χ1n) is 8.57. The highest BCUT2D eigenvalue weighted by Crippen LogP contribution is 2.64. The Balaban J connectivity index is 2.48. The molecular weight excluding hydrogens is 584 g/mol. The minimum atomic E-state index is -7.96. The van der Waals surface area contributed by atoms with E-state index < -0.39 is 90.8 Å². The summed E-state index contributed by atoms with van der Waals surface area (Å²) in [4.78, 5) is -3.45. The average molecular weight is 590 g/mol. The van der Waals surface area contributed by atoms with Gasteiger partial charge in [-0.05, 0) is 47.8 Å². The van der Waals surface area contributed by atoms with Crippen molar-refractivity contribution < 1.29 is 70.2 Å². The molecule has 0 radical (unpaired) electrons. The molecule has 0 aromatic heterocycles. The Morgan fingerprint density at radius 3 is 0.944 bits per heavy atom. The lowest BCUT2D eigenvalue weighted by atomic mass is 9.98. The summed E-state index contributed by atoms with van der Waals surface area (Å²) in [6.07, 6.45) is 0. The Morgan fingerprint density at radius 1 is 0.417 bits per heavy atom. The van der Waals surface area contributed by atoms with Crippen LogP contribution in [0.1, 0.15) is 0 Å². The van der Waals surface area contributed by atoms with E-state index in [1.54, 1.807) is 0 Å². The Morgan fingerprint density at radius 2 is 0.694 bits per heavy atom. The molecule has 0 spiro atoms. The third-order valence-electron chi connectivity index (χ3n) is 4.18. The van der Waals surface area contributed by atoms with E-state index >= 15 is 0 Å². The summed E-state index contributed by atoms with van der Waals surface area (Å²) in [6, 6.07) is -0.105. The maximum absolute atomic E-state index is 13.9. The predicted octanol–water partition coefficient (Wildman–Crippen LogP) is 8.85. The molecule has 0 bridgehead atoms. The molecule has 0 saturated heterocycles. The summed E-state index contributed by atoms with van der Waals surface area (Å²) in [6.45, 7) is 0. The van der Waals surface area contributed by atoms with Crippen LogP contribution in [0.15, 0.2) is 46.2 Å². The van der Waals surface area contributed by atoms with Gasteiger partial charge in [-0.3, -0.25) is 0 Å². The molecule has 0 N–H and O–H groups in total. The predicted molar refractivity (Wildman–Crippen MR) is 94.1 cm³/mol. The quantitative estimate of drug-likeness (QED) is 0.212. The van der Waals surface area contributed by atoms with Gasteiger partial charge in [-0.25, -0.2) is 17.6 Å². The number of thioether (sulfide) groups is 2. The molecule has 0 nitrogen and oxygen atoms in total. The molecule has 0 aliphatic carbocycles. The monoisotopic (exact) mass is 590 g/mol. The summed E-state index contributed by atoms with van der Waals surface area (Å²) in [5, 5.41) is -13.1. The van der Waals surface area contributed by atoms with Crippen LogP contribution in [0.3, 0.4) is 0 Å². The Kier molecular flexibility index (Phi) is 7.90. The van der Waals surface area contributed by atoms with E-state index in [2.05, 4.69) is 0 Å². The van der Waals surface area contributed by atoms with Crippen LogP contribution in [-0.2, 0) is 0 Å². The Hall–Kier alpha value is -1.98. The normalized spacial score (nSPS) is 14.3. The molecule has 0 aliphatic rings. The highest BCUT2D eigenvalue weighted by atomic mass is 32.2. The van der Waals surface area contributed by atoms with Gasteiger partial charge in [0.05, 0.1) is 0 Å². The van der Waals surface area contributed by atoms with E-state index in [-0.39, 0.29) is 36.4 Å². The van der Waals surface area contributed by atoms with Crippen molar-refractivity contribution in [2.45, 2.75) is 44.0 Å². The second kappa shape index (κ2) is 9.40. The molecule has 2 aromatic carbocycles. The van der Waals surface area contributed by atoms with Crippen molar-refractivity contribution in [1.82, 2.24) is 0 Å². The summed E-state index contributed by atoms with van der Waals surface area (Å²) in [5.41, 5.74) is 0. The van der Waals surface area contributed by atoms with E-state index in [9.17, 15) is 70.2 Å². The first-order valence-corrected chi connectivity index (χ1v) is 10.2. The van der Waals surface area contributed by atoms with Gasteiger partial charge < -0.3 is 0 Å². The van der Waals surface area contributed by atoms with Crippen LogP contribution in [0.25, 0.3) is 0 Å². The number of hydrogen-bond acceptors (Lipinski definition) is 2. The zero-order valence-electron chi connectivity index (χ0n) is 16.3. The molecule has 18 heteroatoms. The van der Waals surface area contributed by atoms with Crippen LogP contribution in [-0.4, -0.2) is 34.2 Å². The molecular formula is C18H6F16S2. The zero-order valence-corrected chi connectivity index (χ0v) is 18.0. The molecule has 2 aromatic rings. The molecule has 2 rings (SSSR count). The second-order valence-corrected chi connectivity index (χ2v) is 9.00. The van der Waals surface area contributed by atoms with Gasteiger partial charge >= 0.3 is 34.2 Å². The third-order valence-corrected chi connectivity index (χ3v) is 6.31. The molecule has 36 heavy (non-hydrogen) atoms. The Bertz CT molecular complexity index is 1030. The van der Waals surface area contributed by atoms with Gasteiger partial charge in [-0.2, -0.15) is 52.7 Å². The maximum Gasteiger partial charge on any atom is 0.388 e. The van der Waals surface area contributed by atoms with Gasteiger partial charge in [0.15, 0.2) is 0 Å². The SMILES string of the molecule is Fc1ccc(SC(F)(F)C(F)(F)C(F)(F)C(F)(F)C(F)(F)C(F)(F)Sc2ccc(F)cc2F)c(F)c1. The van der Waals surface area contributed by atoms with E-state index in [1.165, 1.54) is 0 Å². The highest BCUT2D eigenvalue weighted by Gasteiger charge is 2.90. The average Bonchev–Trinajstić information content (AvgIpc) is 2.71. The third kappa shape index (κ3) is 4.93. The van der Waals surface area contributed by atoms with Gasteiger partial charge in [0, 0.05) is 21.9 Å². The largest absolute Gasteiger partial charge is 0.388 e. The lowest BCUT2D eigenvalue weighted by molar-refractivity contribution is -0.405. The highest BCUT2D eigenvalue weighted by molar-refractivity contribution is 8.00. The molecule has 202 valence electrons. The number of halogens is 16. The van der Waals surface area contributed by atoms with Crippen LogP contribution in [0.5, 0.6) is 0 Å². The molecule has 0 atom stereocenters. The van der Waals surface area contributed by atoms with Crippen molar-refractivity contribution in [3.8, 4) is 0 Å². The lowest BCUT2D eigenvalue weighted by Crippen LogP contribution is -2.69. The standard InChI is InChI=1S/C18H6F16S2/c19-7-1-3-11(9(21)5-7)35-17(31,32)15(27,28)13(23,24)14(25,26)16(29,30)18(33,34)36-12-4-2-8(20)6-10(12)22/h1-6H. The fourth-order valence-corrected chi connectivity index (χ4v) is 3.93. The summed E-state index contributed by atoms with van der Waals surface area (Å²) < 4.78 is 220. The molecule has 0 unspecified atom stereocenters. The van der Waals surface area contributed by atoms with Gasteiger partial charge in [0.1, 0.15) is 23.3 Å². The van der Waals surface area contributed by atoms with Crippen molar-refractivity contribution in [3.63, 3.8) is 0 Å². The van der Waals surface area contributed by atoms with E-state index in [0.29, 0.717) is 0 Å². The maximum atomic E-state index is 13.9. The molecule has 0 heterocycles. The first-order chi connectivity index (χ1) is 16.0. The van der Waals surface area contributed by atoms with Crippen LogP contribution in [0, 0.1) is 23.3 Å². The molecule has 0 aliphatic heterocycles. The summed E-state index contributed by atoms with van der Waals surface area (Å²) in [5.74, 6) is -38.1. The van der Waals surface area contributed by atoms with Crippen LogP contribution in [0.4, 0.5) is 70.2 Å². The van der Waals surface area contributed by atoms with Crippen molar-refractivity contribution in [1.29, 1.82) is 0 Å². The number of benzene rings is 2. The van der Waals surface area contributed by atoms with Crippen LogP contribution in [0.2, 0.25) is 0 Å². The minimum Gasteiger partial charge on any atom is -0.207 e. The minimum absolute atomic E-state index is 0.00769. The summed E-state index contributed by atoms with van der Waals surface area (Å²) >= 11 is -3.81. The van der Waals surface area contributed by atoms with Gasteiger partial charge in [0.2, 0.25) is 0 Å². The molecule has 0 saturated carbocycles. The van der Waals surface area contributed by atoms with Gasteiger partial charge in [-0.1, -0.05) is 0 Å². The van der Waals surface area contributed by atoms with Crippen LogP contribution < -0.4 is 0 Å². The molecule has 0 amide bonds. The van der Waals surface area contributed by atoms with Crippen LogP contribution >= 0.6 is 23.5 Å². The smallest absolute Gasteiger partial charge is 0.207 e. The van der Waals surface area contributed by atoms with E-state index in [0.717, 1.165) is 0 Å². The second-order valence-electron chi connectivity index (χ2n) is 6.68. The van der Waals surface area contributed by atoms with Gasteiger partial charge in [0.25, 0.3) is 0 Å². The number of hydrogen-bond donors (Lipinski definition) is 0. The molecule has 0 fully saturated rings. The number of rotatable bonds is 9. The fourth-order valence-electron chi connectivity index (χ4n) is 2.28. The zero-order chi connectivity index (χ0) is 28.1. The van der Waals surface area contributed by atoms with Gasteiger partial charge in [-0.15, -0.1) is 0 Å². The van der Waals surface area contributed by atoms with Crippen molar-refractivity contribution in [2.24, 2.45) is 0 Å². The van der Waals surface area contributed by atoms with E-state index in [4.69, 9.17) is 0 Å². The first kappa shape index (κ1) is 30.2. The summed E-state index contributed by atoms with van der Waals surface area (Å²) in [7, 11) is 0.